The molecule has 0 aliphatic rings. The van der Waals surface area contributed by atoms with Crippen molar-refractivity contribution < 1.29 is 5.11 Å². The first-order valence-electron chi connectivity index (χ1n) is 6.65. The minimum Gasteiger partial charge on any atom is -0.396 e. The van der Waals surface area contributed by atoms with Crippen LogP contribution in [0.3, 0.4) is 0 Å². The summed E-state index contributed by atoms with van der Waals surface area (Å²) in [7, 11) is 0. The van der Waals surface area contributed by atoms with Gasteiger partial charge in [-0.1, -0.05) is 39.0 Å². The molecule has 1 heterocycles. The van der Waals surface area contributed by atoms with Gasteiger partial charge < -0.3 is 5.11 Å². The molecular weight excluding hydrogens is 240 g/mol. The van der Waals surface area contributed by atoms with Crippen LogP contribution < -0.4 is 0 Å². The molecule has 1 aromatic carbocycles. The third-order valence-electron chi connectivity index (χ3n) is 3.54. The zero-order valence-corrected chi connectivity index (χ0v) is 12.3. The molecule has 1 aromatic heterocycles. The van der Waals surface area contributed by atoms with Crippen LogP contribution >= 0.6 is 11.3 Å². The van der Waals surface area contributed by atoms with Crippen molar-refractivity contribution in [3.63, 3.8) is 0 Å². The number of fused-ring (bicyclic) bond motifs is 1. The first kappa shape index (κ1) is 13.6. The van der Waals surface area contributed by atoms with Crippen LogP contribution in [-0.4, -0.2) is 11.7 Å². The van der Waals surface area contributed by atoms with Gasteiger partial charge >= 0.3 is 0 Å². The minimum absolute atomic E-state index is 0.104. The highest BCUT2D eigenvalue weighted by molar-refractivity contribution is 7.19. The van der Waals surface area contributed by atoms with Crippen molar-refractivity contribution >= 4 is 21.4 Å². The van der Waals surface area contributed by atoms with Crippen molar-refractivity contribution in [1.29, 1.82) is 0 Å². The van der Waals surface area contributed by atoms with Crippen LogP contribution in [0.5, 0.6) is 0 Å². The smallest absolute Gasteiger partial charge is 0.0439 e. The molecule has 0 aliphatic heterocycles. The van der Waals surface area contributed by atoms with Gasteiger partial charge in [0.25, 0.3) is 0 Å². The number of thiophene rings is 1. The summed E-state index contributed by atoms with van der Waals surface area (Å²) < 4.78 is 1.35. The van der Waals surface area contributed by atoms with Crippen molar-refractivity contribution in [2.45, 2.75) is 39.0 Å². The molecule has 1 nitrogen and oxygen atoms in total. The lowest BCUT2D eigenvalue weighted by Crippen LogP contribution is -2.24. The first-order chi connectivity index (χ1) is 8.55. The molecule has 0 saturated heterocycles. The van der Waals surface area contributed by atoms with Crippen molar-refractivity contribution in [2.24, 2.45) is 5.92 Å². The molecule has 2 heteroatoms. The molecule has 1 N–H and O–H groups in total. The van der Waals surface area contributed by atoms with E-state index in [2.05, 4.69) is 51.1 Å². The van der Waals surface area contributed by atoms with Crippen LogP contribution in [-0.2, 0) is 5.41 Å². The molecule has 0 amide bonds. The summed E-state index contributed by atoms with van der Waals surface area (Å²) in [5, 5.41) is 10.7. The number of rotatable bonds is 5. The van der Waals surface area contributed by atoms with Gasteiger partial charge in [-0.3, -0.25) is 0 Å². The fourth-order valence-electron chi connectivity index (χ4n) is 2.75. The summed E-state index contributed by atoms with van der Waals surface area (Å²) >= 11 is 1.88. The molecule has 2 aromatic rings. The standard InChI is InChI=1S/C16H22OS/c1-12(2)11-16(3,8-9-17)15-10-13-6-4-5-7-14(13)18-15/h4-7,10,12,17H,8-9,11H2,1-3H3. The highest BCUT2D eigenvalue weighted by Crippen LogP contribution is 2.40. The van der Waals surface area contributed by atoms with Gasteiger partial charge in [-0.15, -0.1) is 11.3 Å². The highest BCUT2D eigenvalue weighted by Gasteiger charge is 2.29. The average Bonchev–Trinajstić information content (AvgIpc) is 2.72. The lowest BCUT2D eigenvalue weighted by atomic mass is 9.78. The SMILES string of the molecule is CC(C)CC(C)(CCO)c1cc2ccccc2s1. The Bertz CT molecular complexity index is 482. The Morgan fingerprint density at radius 3 is 2.61 bits per heavy atom. The molecule has 2 rings (SSSR count). The first-order valence-corrected chi connectivity index (χ1v) is 7.47. The van der Waals surface area contributed by atoms with Gasteiger partial charge in [-0.25, -0.2) is 0 Å². The van der Waals surface area contributed by atoms with Gasteiger partial charge in [-0.05, 0) is 36.3 Å². The number of aliphatic hydroxyl groups is 1. The molecule has 0 radical (unpaired) electrons. The van der Waals surface area contributed by atoms with E-state index in [1.165, 1.54) is 15.0 Å². The topological polar surface area (TPSA) is 20.2 Å². The average molecular weight is 262 g/mol. The largest absolute Gasteiger partial charge is 0.396 e. The van der Waals surface area contributed by atoms with Crippen molar-refractivity contribution in [3.8, 4) is 0 Å². The molecular formula is C16H22OS. The van der Waals surface area contributed by atoms with Gasteiger partial charge in [0.1, 0.15) is 0 Å². The summed E-state index contributed by atoms with van der Waals surface area (Å²) in [5.41, 5.74) is 0.104. The van der Waals surface area contributed by atoms with Crippen molar-refractivity contribution in [1.82, 2.24) is 0 Å². The predicted molar refractivity (Wildman–Crippen MR) is 80.3 cm³/mol. The Hall–Kier alpha value is -0.860. The number of hydrogen-bond donors (Lipinski definition) is 1. The maximum atomic E-state index is 9.36. The Balaban J connectivity index is 2.40. The van der Waals surface area contributed by atoms with E-state index in [4.69, 9.17) is 0 Å². The Morgan fingerprint density at radius 1 is 1.28 bits per heavy atom. The third kappa shape index (κ3) is 2.76. The maximum Gasteiger partial charge on any atom is 0.0439 e. The second-order valence-corrected chi connectivity index (χ2v) is 6.86. The van der Waals surface area contributed by atoms with E-state index >= 15 is 0 Å². The molecule has 1 unspecified atom stereocenters. The summed E-state index contributed by atoms with van der Waals surface area (Å²) in [4.78, 5) is 1.41. The molecule has 0 spiro atoms. The van der Waals surface area contributed by atoms with Gasteiger partial charge in [-0.2, -0.15) is 0 Å². The number of hydrogen-bond acceptors (Lipinski definition) is 2. The molecule has 0 aliphatic carbocycles. The van der Waals surface area contributed by atoms with Gasteiger partial charge in [0, 0.05) is 21.6 Å². The van der Waals surface area contributed by atoms with Gasteiger partial charge in [0.05, 0.1) is 0 Å². The minimum atomic E-state index is 0.104. The lowest BCUT2D eigenvalue weighted by Gasteiger charge is -2.29. The molecule has 18 heavy (non-hydrogen) atoms. The Labute approximate surface area is 113 Å². The molecule has 0 saturated carbocycles. The van der Waals surface area contributed by atoms with Gasteiger partial charge in [0.15, 0.2) is 0 Å². The van der Waals surface area contributed by atoms with E-state index < -0.39 is 0 Å². The lowest BCUT2D eigenvalue weighted by molar-refractivity contribution is 0.229. The molecule has 0 bridgehead atoms. The van der Waals surface area contributed by atoms with Crippen LogP contribution in [0.2, 0.25) is 0 Å². The van der Waals surface area contributed by atoms with E-state index in [0.717, 1.165) is 12.8 Å². The quantitative estimate of drug-likeness (QED) is 0.835. The summed E-state index contributed by atoms with van der Waals surface area (Å²) in [6.45, 7) is 7.05. The van der Waals surface area contributed by atoms with E-state index in [-0.39, 0.29) is 12.0 Å². The van der Waals surface area contributed by atoms with E-state index in [1.54, 1.807) is 0 Å². The summed E-state index contributed by atoms with van der Waals surface area (Å²) in [6, 6.07) is 10.8. The molecule has 0 fully saturated rings. The van der Waals surface area contributed by atoms with Crippen LogP contribution in [0.15, 0.2) is 30.3 Å². The Kier molecular flexibility index (Phi) is 4.08. The highest BCUT2D eigenvalue weighted by atomic mass is 32.1. The second kappa shape index (κ2) is 5.41. The summed E-state index contributed by atoms with van der Waals surface area (Å²) in [6.07, 6.45) is 1.97. The normalized spacial score (nSPS) is 15.2. The third-order valence-corrected chi connectivity index (χ3v) is 4.96. The Morgan fingerprint density at radius 2 is 2.00 bits per heavy atom. The fourth-order valence-corrected chi connectivity index (χ4v) is 4.00. The predicted octanol–water partition coefficient (Wildman–Crippen LogP) is 4.59. The van der Waals surface area contributed by atoms with Gasteiger partial charge in [0.2, 0.25) is 0 Å². The van der Waals surface area contributed by atoms with Crippen LogP contribution in [0.25, 0.3) is 10.1 Å². The van der Waals surface area contributed by atoms with Crippen LogP contribution in [0.1, 0.15) is 38.5 Å². The zero-order valence-electron chi connectivity index (χ0n) is 11.4. The van der Waals surface area contributed by atoms with Crippen molar-refractivity contribution in [3.05, 3.63) is 35.2 Å². The fraction of sp³-hybridized carbons (Fsp3) is 0.500. The van der Waals surface area contributed by atoms with Crippen LogP contribution in [0, 0.1) is 5.92 Å². The van der Waals surface area contributed by atoms with Crippen LogP contribution in [0.4, 0.5) is 0 Å². The second-order valence-electron chi connectivity index (χ2n) is 5.78. The molecule has 98 valence electrons. The number of benzene rings is 1. The monoisotopic (exact) mass is 262 g/mol. The molecule has 1 atom stereocenters. The summed E-state index contributed by atoms with van der Waals surface area (Å²) in [5.74, 6) is 0.645. The van der Waals surface area contributed by atoms with Crippen molar-refractivity contribution in [2.75, 3.05) is 6.61 Å². The number of aliphatic hydroxyl groups excluding tert-OH is 1. The van der Waals surface area contributed by atoms with E-state index in [1.807, 2.05) is 11.3 Å². The van der Waals surface area contributed by atoms with E-state index in [9.17, 15) is 5.11 Å². The zero-order chi connectivity index (χ0) is 13.2. The van der Waals surface area contributed by atoms with E-state index in [0.29, 0.717) is 5.92 Å². The maximum absolute atomic E-state index is 9.36.